The molecule has 0 atom stereocenters. The van der Waals surface area contributed by atoms with Gasteiger partial charge < -0.3 is 4.40 Å². The van der Waals surface area contributed by atoms with Crippen molar-refractivity contribution in [1.29, 1.82) is 0 Å². The minimum Gasteiger partial charge on any atom is -0.310 e. The Bertz CT molecular complexity index is 1450. The lowest BCUT2D eigenvalue weighted by Crippen LogP contribution is -2.17. The molecule has 176 valence electrons. The summed E-state index contributed by atoms with van der Waals surface area (Å²) in [7, 11) is -8.18. The lowest BCUT2D eigenvalue weighted by Gasteiger charge is -2.09. The number of nitrogens with zero attached hydrogens (tertiary/aromatic N) is 1. The highest BCUT2D eigenvalue weighted by Crippen LogP contribution is 2.36. The maximum atomic E-state index is 13.7. The highest BCUT2D eigenvalue weighted by Gasteiger charge is 2.37. The van der Waals surface area contributed by atoms with E-state index in [1.165, 1.54) is 29.7 Å². The first-order valence-corrected chi connectivity index (χ1v) is 14.0. The summed E-state index contributed by atoms with van der Waals surface area (Å²) in [6.07, 6.45) is 1.87. The van der Waals surface area contributed by atoms with Gasteiger partial charge in [-0.25, -0.2) is 16.8 Å². The van der Waals surface area contributed by atoms with Gasteiger partial charge in [0.05, 0.1) is 17.0 Å². The third-order valence-corrected chi connectivity index (χ3v) is 9.42. The molecule has 1 aromatic carbocycles. The van der Waals surface area contributed by atoms with Crippen LogP contribution in [0.1, 0.15) is 65.6 Å². The number of pyridine rings is 1. The Morgan fingerprint density at radius 3 is 1.82 bits per heavy atom. The van der Waals surface area contributed by atoms with Crippen LogP contribution in [0.25, 0.3) is 5.52 Å². The largest absolute Gasteiger partial charge is 0.310 e. The monoisotopic (exact) mass is 489 g/mol. The van der Waals surface area contributed by atoms with Crippen molar-refractivity contribution in [1.82, 2.24) is 4.40 Å². The van der Waals surface area contributed by atoms with E-state index in [-0.39, 0.29) is 57.4 Å². The summed E-state index contributed by atoms with van der Waals surface area (Å²) in [4.78, 5) is 24.8. The van der Waals surface area contributed by atoms with Crippen molar-refractivity contribution in [3.05, 3.63) is 65.0 Å². The molecule has 0 fully saturated rings. The second-order valence-corrected chi connectivity index (χ2v) is 12.2. The van der Waals surface area contributed by atoms with E-state index in [9.17, 15) is 26.4 Å². The van der Waals surface area contributed by atoms with Crippen molar-refractivity contribution in [2.75, 3.05) is 11.5 Å². The van der Waals surface area contributed by atoms with Gasteiger partial charge in [-0.2, -0.15) is 0 Å². The van der Waals surface area contributed by atoms with Gasteiger partial charge in [0.1, 0.15) is 15.5 Å². The van der Waals surface area contributed by atoms with Crippen LogP contribution in [0, 0.1) is 6.92 Å². The van der Waals surface area contributed by atoms with Crippen LogP contribution < -0.4 is 0 Å². The molecule has 2 aromatic heterocycles. The number of aromatic nitrogens is 1. The number of ketones is 2. The average Bonchev–Trinajstić information content (AvgIpc) is 3.10. The van der Waals surface area contributed by atoms with E-state index in [0.29, 0.717) is 0 Å². The van der Waals surface area contributed by atoms with Gasteiger partial charge >= 0.3 is 0 Å². The summed E-state index contributed by atoms with van der Waals surface area (Å²) in [6, 6.07) is 9.43. The van der Waals surface area contributed by atoms with Crippen LogP contribution in [0.5, 0.6) is 0 Å². The SMILES string of the molecule is CCCS(=O)(=O)c1c(S(=O)(=O)CCC)c2ccc(C(C)=O)cn2c1C(=O)c1ccc(C)cc1. The fraction of sp³-hybridized carbons (Fsp3) is 0.333. The Morgan fingerprint density at radius 2 is 1.30 bits per heavy atom. The molecule has 2 heterocycles. The highest BCUT2D eigenvalue weighted by atomic mass is 32.2. The zero-order valence-electron chi connectivity index (χ0n) is 19.1. The molecule has 3 aromatic rings. The molecule has 33 heavy (non-hydrogen) atoms. The predicted molar refractivity (Wildman–Crippen MR) is 127 cm³/mol. The molecule has 7 nitrogen and oxygen atoms in total. The molecule has 0 bridgehead atoms. The molecule has 3 rings (SSSR count). The van der Waals surface area contributed by atoms with E-state index in [1.807, 2.05) is 6.92 Å². The molecule has 9 heteroatoms. The number of benzene rings is 1. The standard InChI is InChI=1S/C24H27NO6S2/c1-5-13-32(28,29)23-20-12-11-19(17(4)26)15-25(20)21(24(23)33(30,31)14-6-2)22(27)18-9-7-16(3)8-10-18/h7-12,15H,5-6,13-14H2,1-4H3. The first-order valence-electron chi connectivity index (χ1n) is 10.7. The first kappa shape index (κ1) is 24.9. The Kier molecular flexibility index (Phi) is 6.95. The van der Waals surface area contributed by atoms with Gasteiger partial charge in [-0.15, -0.1) is 0 Å². The normalized spacial score (nSPS) is 12.2. The minimum atomic E-state index is -4.14. The molecular formula is C24H27NO6S2. The third kappa shape index (κ3) is 4.65. The molecule has 0 aliphatic heterocycles. The summed E-state index contributed by atoms with van der Waals surface area (Å²) >= 11 is 0. The fourth-order valence-electron chi connectivity index (χ4n) is 3.80. The molecule has 0 aliphatic rings. The summed E-state index contributed by atoms with van der Waals surface area (Å²) < 4.78 is 54.7. The van der Waals surface area contributed by atoms with Crippen molar-refractivity contribution < 1.29 is 26.4 Å². The van der Waals surface area contributed by atoms with Crippen molar-refractivity contribution in [3.8, 4) is 0 Å². The lowest BCUT2D eigenvalue weighted by atomic mass is 10.1. The number of Topliss-reactive ketones (excluding diaryl/α,β-unsaturated/α-hetero) is 1. The molecule has 0 unspecified atom stereocenters. The number of hydrogen-bond donors (Lipinski definition) is 0. The van der Waals surface area contributed by atoms with Crippen LogP contribution in [0.4, 0.5) is 0 Å². The van der Waals surface area contributed by atoms with Gasteiger partial charge in [0, 0.05) is 17.3 Å². The zero-order chi connectivity index (χ0) is 24.6. The van der Waals surface area contributed by atoms with Crippen molar-refractivity contribution in [3.63, 3.8) is 0 Å². The third-order valence-electron chi connectivity index (χ3n) is 5.35. The second kappa shape index (κ2) is 9.23. The Labute approximate surface area is 194 Å². The minimum absolute atomic E-state index is 0.0681. The van der Waals surface area contributed by atoms with E-state index >= 15 is 0 Å². The molecule has 0 saturated carbocycles. The lowest BCUT2D eigenvalue weighted by molar-refractivity contribution is 0.101. The number of carbonyl (C=O) groups excluding carboxylic acids is 2. The predicted octanol–water partition coefficient (Wildman–Crippen LogP) is 4.05. The maximum absolute atomic E-state index is 13.7. The molecule has 0 aliphatic carbocycles. The molecule has 0 amide bonds. The van der Waals surface area contributed by atoms with Crippen molar-refractivity contribution in [2.45, 2.75) is 50.3 Å². The summed E-state index contributed by atoms with van der Waals surface area (Å²) in [5.74, 6) is -1.51. The Morgan fingerprint density at radius 1 is 0.788 bits per heavy atom. The van der Waals surface area contributed by atoms with Gasteiger partial charge in [0.2, 0.25) is 5.78 Å². The smallest absolute Gasteiger partial charge is 0.211 e. The highest BCUT2D eigenvalue weighted by molar-refractivity contribution is 7.94. The van der Waals surface area contributed by atoms with Crippen LogP contribution in [-0.2, 0) is 19.7 Å². The number of rotatable bonds is 9. The van der Waals surface area contributed by atoms with E-state index in [2.05, 4.69) is 0 Å². The Hall–Kier alpha value is -2.78. The van der Waals surface area contributed by atoms with Gasteiger partial charge in [-0.1, -0.05) is 43.7 Å². The van der Waals surface area contributed by atoms with E-state index in [1.54, 1.807) is 38.1 Å². The van der Waals surface area contributed by atoms with Gasteiger partial charge in [0.15, 0.2) is 25.5 Å². The number of fused-ring (bicyclic) bond motifs is 1. The molecule has 0 spiro atoms. The van der Waals surface area contributed by atoms with Crippen LogP contribution in [0.3, 0.4) is 0 Å². The van der Waals surface area contributed by atoms with Crippen LogP contribution >= 0.6 is 0 Å². The number of hydrogen-bond acceptors (Lipinski definition) is 6. The molecule has 0 N–H and O–H groups in total. The number of carbonyl (C=O) groups is 2. The summed E-state index contributed by atoms with van der Waals surface area (Å²) in [6.45, 7) is 6.55. The van der Waals surface area contributed by atoms with Crippen LogP contribution in [0.2, 0.25) is 0 Å². The quantitative estimate of drug-likeness (QED) is 0.420. The van der Waals surface area contributed by atoms with Crippen LogP contribution in [-0.4, -0.2) is 44.3 Å². The molecule has 0 radical (unpaired) electrons. The van der Waals surface area contributed by atoms with E-state index < -0.39 is 30.4 Å². The fourth-order valence-corrected chi connectivity index (χ4v) is 7.78. The summed E-state index contributed by atoms with van der Waals surface area (Å²) in [5, 5.41) is 0. The molecule has 0 saturated heterocycles. The van der Waals surface area contributed by atoms with Gasteiger partial charge in [-0.3, -0.25) is 9.59 Å². The summed E-state index contributed by atoms with van der Waals surface area (Å²) in [5.41, 5.74) is 1.17. The maximum Gasteiger partial charge on any atom is 0.211 e. The second-order valence-electron chi connectivity index (χ2n) is 8.07. The number of sulfone groups is 2. The first-order chi connectivity index (χ1) is 15.4. The van der Waals surface area contributed by atoms with Gasteiger partial charge in [0.25, 0.3) is 0 Å². The zero-order valence-corrected chi connectivity index (χ0v) is 20.7. The van der Waals surface area contributed by atoms with E-state index in [4.69, 9.17) is 0 Å². The average molecular weight is 490 g/mol. The Balaban J connectivity index is 2.56. The topological polar surface area (TPSA) is 107 Å². The molecular weight excluding hydrogens is 462 g/mol. The van der Waals surface area contributed by atoms with Crippen molar-refractivity contribution in [2.24, 2.45) is 0 Å². The van der Waals surface area contributed by atoms with Crippen molar-refractivity contribution >= 4 is 36.8 Å². The van der Waals surface area contributed by atoms with Crippen LogP contribution in [0.15, 0.2) is 52.4 Å². The van der Waals surface area contributed by atoms with Gasteiger partial charge in [-0.05, 0) is 38.8 Å². The van der Waals surface area contributed by atoms with E-state index in [0.717, 1.165) is 5.56 Å². The number of aryl methyl sites for hydroxylation is 1.